The number of aryl methyl sites for hydroxylation is 4. The molecule has 0 atom stereocenters. The van der Waals surface area contributed by atoms with Crippen LogP contribution < -0.4 is 0 Å². The molecule has 89 heavy (non-hydrogen) atoms. The number of phenols is 4. The van der Waals surface area contributed by atoms with E-state index in [1.807, 2.05) is 72.8 Å². The van der Waals surface area contributed by atoms with E-state index in [-0.39, 0.29) is 69.0 Å². The van der Waals surface area contributed by atoms with Gasteiger partial charge >= 0.3 is 23.9 Å². The van der Waals surface area contributed by atoms with Gasteiger partial charge in [-0.1, -0.05) is 227 Å². The van der Waals surface area contributed by atoms with Gasteiger partial charge in [0.1, 0.15) is 34.0 Å². The maximum absolute atomic E-state index is 10.8. The maximum Gasteiger partial charge on any atom is 0.303 e. The number of fused-ring (bicyclic) bond motifs is 1. The Bertz CT molecular complexity index is 2810. The smallest absolute Gasteiger partial charge is 0.303 e. The van der Waals surface area contributed by atoms with Gasteiger partial charge in [-0.3, -0.25) is 19.2 Å². The first kappa shape index (κ1) is 77.7. The number of benzene rings is 5. The quantitative estimate of drug-likeness (QED) is 0.0552. The molecule has 0 aliphatic carbocycles. The number of hydrogen-bond acceptors (Lipinski definition) is 10. The van der Waals surface area contributed by atoms with E-state index < -0.39 is 23.9 Å². The number of aromatic hydroxyl groups is 4. The van der Waals surface area contributed by atoms with Gasteiger partial charge < -0.3 is 40.9 Å². The first-order chi connectivity index (χ1) is 40.2. The molecule has 15 nitrogen and oxygen atoms in total. The van der Waals surface area contributed by atoms with Crippen molar-refractivity contribution in [2.75, 3.05) is 0 Å². The molecule has 0 aliphatic rings. The third kappa shape index (κ3) is 24.8. The number of H-pyrrole nitrogens is 1. The van der Waals surface area contributed by atoms with Gasteiger partial charge in [0.15, 0.2) is 0 Å². The summed E-state index contributed by atoms with van der Waals surface area (Å²) in [5, 5.41) is 87.8. The number of rotatable bonds is 12. The number of phenolic OH excluding ortho intramolecular Hbond substituents is 4. The van der Waals surface area contributed by atoms with Crippen molar-refractivity contribution in [3.05, 3.63) is 140 Å². The van der Waals surface area contributed by atoms with Crippen molar-refractivity contribution in [3.63, 3.8) is 0 Å². The van der Waals surface area contributed by atoms with Crippen molar-refractivity contribution in [3.8, 4) is 23.0 Å². The van der Waals surface area contributed by atoms with Crippen molar-refractivity contribution in [2.45, 2.75) is 261 Å². The molecule has 0 radical (unpaired) electrons. The fourth-order valence-corrected chi connectivity index (χ4v) is 9.72. The van der Waals surface area contributed by atoms with Crippen LogP contribution >= 0.6 is 0 Å². The fraction of sp³-hybridized carbons (Fsp3) is 0.541. The van der Waals surface area contributed by atoms with Crippen LogP contribution in [0.3, 0.4) is 0 Å². The highest BCUT2D eigenvalue weighted by atomic mass is 16.4. The summed E-state index contributed by atoms with van der Waals surface area (Å²) in [7, 11) is 0. The lowest BCUT2D eigenvalue weighted by molar-refractivity contribution is -0.138. The van der Waals surface area contributed by atoms with Crippen molar-refractivity contribution >= 4 is 34.9 Å². The zero-order chi connectivity index (χ0) is 69.0. The molecule has 5 aromatic carbocycles. The highest BCUT2D eigenvalue weighted by Crippen LogP contribution is 2.44. The van der Waals surface area contributed by atoms with Gasteiger partial charge in [-0.05, 0) is 148 Å². The van der Waals surface area contributed by atoms with Gasteiger partial charge in [-0.25, -0.2) is 0 Å². The summed E-state index contributed by atoms with van der Waals surface area (Å²) in [6.07, 6.45) is 2.39. The number of aromatic nitrogens is 3. The first-order valence-corrected chi connectivity index (χ1v) is 30.8. The molecule has 9 N–H and O–H groups in total. The average Bonchev–Trinajstić information content (AvgIpc) is 1.40. The largest absolute Gasteiger partial charge is 0.507 e. The minimum atomic E-state index is -0.798. The molecule has 6 aromatic rings. The van der Waals surface area contributed by atoms with Gasteiger partial charge in [0.25, 0.3) is 0 Å². The lowest BCUT2D eigenvalue weighted by Gasteiger charge is -2.28. The molecule has 0 unspecified atom stereocenters. The SMILES string of the molecule is CC(C)(C)c1cc(CCC(=O)O)cc(C(C)(C)C)c1O.CC(C)(C)c1cc(CCC(=O)O)cc(C(C)(C)C)c1O.CC(C)(C)c1cc(CCC(=O)O)cc(C(C)(C)C)c1O.CC(C)(C)c1cc(CCC(=O)O)cc(C(C)(C)C)c1O.c1ccc2n[nH]nc2c1. The van der Waals surface area contributed by atoms with E-state index in [1.54, 1.807) is 0 Å². The van der Waals surface area contributed by atoms with Crippen LogP contribution in [0.1, 0.15) is 259 Å². The number of nitrogens with zero attached hydrogens (tertiary/aromatic N) is 2. The Morgan fingerprint density at radius 3 is 0.573 bits per heavy atom. The van der Waals surface area contributed by atoms with Crippen molar-refractivity contribution in [2.24, 2.45) is 0 Å². The normalized spacial score (nSPS) is 12.3. The topological polar surface area (TPSA) is 272 Å². The second kappa shape index (κ2) is 30.4. The number of hydrogen-bond donors (Lipinski definition) is 9. The highest BCUT2D eigenvalue weighted by Gasteiger charge is 2.31. The number of carboxylic acid groups (broad SMARTS) is 4. The molecule has 0 saturated carbocycles. The van der Waals surface area contributed by atoms with Crippen LogP contribution in [0.2, 0.25) is 0 Å². The molecule has 0 amide bonds. The summed E-state index contributed by atoms with van der Waals surface area (Å²) in [5.74, 6) is -1.85. The Morgan fingerprint density at radius 2 is 0.449 bits per heavy atom. The van der Waals surface area contributed by atoms with Crippen LogP contribution in [0.25, 0.3) is 11.0 Å². The molecule has 6 rings (SSSR count). The van der Waals surface area contributed by atoms with Gasteiger partial charge in [-0.15, -0.1) is 0 Å². The second-order valence-electron chi connectivity index (χ2n) is 31.5. The lowest BCUT2D eigenvalue weighted by Crippen LogP contribution is -2.18. The van der Waals surface area contributed by atoms with E-state index in [0.29, 0.717) is 48.7 Å². The number of carbonyl (C=O) groups is 4. The molecular formula is C74H109N3O12. The zero-order valence-electron chi connectivity index (χ0n) is 58.2. The minimum Gasteiger partial charge on any atom is -0.507 e. The third-order valence-corrected chi connectivity index (χ3v) is 14.9. The van der Waals surface area contributed by atoms with E-state index in [0.717, 1.165) is 77.8 Å². The minimum absolute atomic E-state index is 0.109. The summed E-state index contributed by atoms with van der Waals surface area (Å²) in [4.78, 5) is 43.0. The Balaban J connectivity index is 0.000000385. The molecule has 1 heterocycles. The fourth-order valence-electron chi connectivity index (χ4n) is 9.72. The Morgan fingerprint density at radius 1 is 0.303 bits per heavy atom. The van der Waals surface area contributed by atoms with Gasteiger partial charge in [0.2, 0.25) is 0 Å². The summed E-state index contributed by atoms with van der Waals surface area (Å²) >= 11 is 0. The standard InChI is InChI=1S/4C17H26O3.C6H5N3/c4*1-16(2,3)12-9-11(7-8-14(18)19)10-13(15(12)20)17(4,5)6;1-2-4-6-5(3-1)7-9-8-6/h4*9-10,20H,7-8H2,1-6H3,(H,18,19);1-4H,(H,7,8,9). The van der Waals surface area contributed by atoms with Gasteiger partial charge in [-0.2, -0.15) is 15.4 Å². The number of aliphatic carboxylic acids is 4. The summed E-state index contributed by atoms with van der Waals surface area (Å²) in [6, 6.07) is 23.2. The monoisotopic (exact) mass is 1230 g/mol. The Labute approximate surface area is 531 Å². The lowest BCUT2D eigenvalue weighted by atomic mass is 9.78. The van der Waals surface area contributed by atoms with Crippen LogP contribution in [0.15, 0.2) is 72.8 Å². The van der Waals surface area contributed by atoms with E-state index in [4.69, 9.17) is 20.4 Å². The Hall–Kier alpha value is -7.42. The summed E-state index contributed by atoms with van der Waals surface area (Å²) in [5.41, 5.74) is 11.3. The van der Waals surface area contributed by atoms with E-state index >= 15 is 0 Å². The zero-order valence-corrected chi connectivity index (χ0v) is 58.2. The van der Waals surface area contributed by atoms with Crippen LogP contribution in [0.5, 0.6) is 23.0 Å². The van der Waals surface area contributed by atoms with Crippen molar-refractivity contribution < 1.29 is 60.0 Å². The first-order valence-electron chi connectivity index (χ1n) is 30.8. The van der Waals surface area contributed by atoms with Crippen molar-refractivity contribution in [1.29, 1.82) is 0 Å². The van der Waals surface area contributed by atoms with Crippen molar-refractivity contribution in [1.82, 2.24) is 15.4 Å². The van der Waals surface area contributed by atoms with E-state index in [1.165, 1.54) is 0 Å². The maximum atomic E-state index is 10.8. The predicted molar refractivity (Wildman–Crippen MR) is 360 cm³/mol. The number of carboxylic acids is 4. The number of para-hydroxylation sites is 2. The highest BCUT2D eigenvalue weighted by molar-refractivity contribution is 5.73. The molecule has 0 bridgehead atoms. The molecule has 15 heteroatoms. The van der Waals surface area contributed by atoms with Crippen LogP contribution in [0.4, 0.5) is 0 Å². The average molecular weight is 1230 g/mol. The third-order valence-electron chi connectivity index (χ3n) is 14.9. The second-order valence-corrected chi connectivity index (χ2v) is 31.5. The number of nitrogens with one attached hydrogen (secondary N) is 1. The molecule has 0 saturated heterocycles. The summed E-state index contributed by atoms with van der Waals surface area (Å²) < 4.78 is 0. The van der Waals surface area contributed by atoms with Gasteiger partial charge in [0, 0.05) is 25.7 Å². The molecule has 0 fully saturated rings. The number of aromatic amines is 1. The van der Waals surface area contributed by atoms with E-state index in [9.17, 15) is 39.6 Å². The summed E-state index contributed by atoms with van der Waals surface area (Å²) in [6.45, 7) is 49.2. The molecule has 0 aliphatic heterocycles. The van der Waals surface area contributed by atoms with Crippen LogP contribution in [-0.2, 0) is 88.2 Å². The van der Waals surface area contributed by atoms with Crippen LogP contribution in [0, 0.1) is 0 Å². The molecule has 1 aromatic heterocycles. The van der Waals surface area contributed by atoms with Gasteiger partial charge in [0.05, 0.1) is 0 Å². The van der Waals surface area contributed by atoms with E-state index in [2.05, 4.69) is 182 Å². The Kier molecular flexibility index (Phi) is 26.5. The predicted octanol–water partition coefficient (Wildman–Crippen LogP) is 17.0. The molecule has 0 spiro atoms. The molecule has 492 valence electrons. The molecular weight excluding hydrogens is 1120 g/mol. The van der Waals surface area contributed by atoms with Crippen LogP contribution in [-0.4, -0.2) is 80.1 Å².